The average molecular weight is 385 g/mol. The molecule has 2 heterocycles. The predicted molar refractivity (Wildman–Crippen MR) is 95.2 cm³/mol. The van der Waals surface area contributed by atoms with Crippen molar-refractivity contribution in [3.8, 4) is 0 Å². The zero-order chi connectivity index (χ0) is 17.3. The lowest BCUT2D eigenvalue weighted by molar-refractivity contribution is -0.125. The van der Waals surface area contributed by atoms with Crippen LogP contribution in [-0.4, -0.2) is 49.0 Å². The number of benzene rings is 1. The number of amides is 2. The van der Waals surface area contributed by atoms with Gasteiger partial charge in [-0.3, -0.25) is 9.59 Å². The largest absolute Gasteiger partial charge is 0.343 e. The number of thiazole rings is 1. The minimum Gasteiger partial charge on any atom is -0.343 e. The molecule has 3 rings (SSSR count). The molecule has 0 saturated carbocycles. The monoisotopic (exact) mass is 385 g/mol. The second-order valence-electron chi connectivity index (χ2n) is 5.35. The number of hydrogen-bond donors (Lipinski definition) is 2. The van der Waals surface area contributed by atoms with E-state index in [-0.39, 0.29) is 16.7 Å². The molecule has 2 aromatic rings. The van der Waals surface area contributed by atoms with Gasteiger partial charge in [-0.1, -0.05) is 11.3 Å². The quantitative estimate of drug-likeness (QED) is 0.824. The lowest BCUT2D eigenvalue weighted by Crippen LogP contribution is -2.44. The second-order valence-corrected chi connectivity index (χ2v) is 9.55. The maximum Gasteiger partial charge on any atom is 0.249 e. The highest BCUT2D eigenvalue weighted by Crippen LogP contribution is 2.28. The van der Waals surface area contributed by atoms with Crippen LogP contribution in [-0.2, 0) is 19.4 Å². The second kappa shape index (κ2) is 6.69. The molecule has 10 heteroatoms. The van der Waals surface area contributed by atoms with Crippen LogP contribution in [0.5, 0.6) is 0 Å². The summed E-state index contributed by atoms with van der Waals surface area (Å²) in [5.74, 6) is 0.758. The summed E-state index contributed by atoms with van der Waals surface area (Å²) >= 11 is 2.75. The Morgan fingerprint density at radius 2 is 2.21 bits per heavy atom. The first kappa shape index (κ1) is 17.2. The van der Waals surface area contributed by atoms with Crippen LogP contribution in [0.1, 0.15) is 6.42 Å². The number of sulfone groups is 1. The molecule has 1 saturated heterocycles. The lowest BCUT2D eigenvalue weighted by atomic mass is 10.3. The summed E-state index contributed by atoms with van der Waals surface area (Å²) in [5, 5.41) is 5.76. The smallest absolute Gasteiger partial charge is 0.249 e. The number of aromatic nitrogens is 1. The molecule has 7 nitrogen and oxygen atoms in total. The maximum absolute atomic E-state index is 12.3. The van der Waals surface area contributed by atoms with Crippen molar-refractivity contribution < 1.29 is 18.0 Å². The van der Waals surface area contributed by atoms with E-state index in [0.717, 1.165) is 6.26 Å². The lowest BCUT2D eigenvalue weighted by Gasteiger charge is -2.13. The Morgan fingerprint density at radius 3 is 2.96 bits per heavy atom. The summed E-state index contributed by atoms with van der Waals surface area (Å²) in [4.78, 5) is 28.3. The fourth-order valence-electron chi connectivity index (χ4n) is 2.20. The Kier molecular flexibility index (Phi) is 4.79. The van der Waals surface area contributed by atoms with E-state index in [1.165, 1.54) is 17.4 Å². The van der Waals surface area contributed by atoms with E-state index in [1.807, 2.05) is 0 Å². The van der Waals surface area contributed by atoms with Crippen LogP contribution in [0.25, 0.3) is 10.2 Å². The topological polar surface area (TPSA) is 105 Å². The molecule has 24 heavy (non-hydrogen) atoms. The summed E-state index contributed by atoms with van der Waals surface area (Å²) in [6, 6.07) is 4.05. The predicted octanol–water partition coefficient (Wildman–Crippen LogP) is 1.26. The molecule has 0 radical (unpaired) electrons. The highest BCUT2D eigenvalue weighted by molar-refractivity contribution is 7.99. The van der Waals surface area contributed by atoms with Crippen molar-refractivity contribution in [2.45, 2.75) is 17.4 Å². The number of rotatable bonds is 3. The van der Waals surface area contributed by atoms with Gasteiger partial charge in [0, 0.05) is 24.2 Å². The van der Waals surface area contributed by atoms with Crippen molar-refractivity contribution in [3.63, 3.8) is 0 Å². The van der Waals surface area contributed by atoms with E-state index >= 15 is 0 Å². The zero-order valence-corrected chi connectivity index (χ0v) is 15.2. The van der Waals surface area contributed by atoms with Gasteiger partial charge < -0.3 is 10.6 Å². The third-order valence-electron chi connectivity index (χ3n) is 3.43. The van der Waals surface area contributed by atoms with Crippen LogP contribution in [0.2, 0.25) is 0 Å². The van der Waals surface area contributed by atoms with E-state index in [4.69, 9.17) is 0 Å². The fraction of sp³-hybridized carbons (Fsp3) is 0.357. The molecule has 2 N–H and O–H groups in total. The van der Waals surface area contributed by atoms with Gasteiger partial charge in [-0.25, -0.2) is 13.4 Å². The van der Waals surface area contributed by atoms with Crippen molar-refractivity contribution in [2.75, 3.05) is 23.1 Å². The maximum atomic E-state index is 12.3. The van der Waals surface area contributed by atoms with Gasteiger partial charge in [0.1, 0.15) is 6.04 Å². The molecule has 1 aromatic carbocycles. The molecular weight excluding hydrogens is 370 g/mol. The van der Waals surface area contributed by atoms with Crippen molar-refractivity contribution in [1.29, 1.82) is 0 Å². The first-order valence-corrected chi connectivity index (χ1v) is 11.0. The molecule has 0 aliphatic carbocycles. The summed E-state index contributed by atoms with van der Waals surface area (Å²) in [5.41, 5.74) is 0.613. The first-order valence-electron chi connectivity index (χ1n) is 7.11. The molecule has 0 spiro atoms. The molecule has 2 amide bonds. The molecule has 1 aliphatic rings. The summed E-state index contributed by atoms with van der Waals surface area (Å²) in [7, 11) is -3.29. The highest BCUT2D eigenvalue weighted by atomic mass is 32.2. The summed E-state index contributed by atoms with van der Waals surface area (Å²) < 4.78 is 23.9. The molecule has 1 aromatic heterocycles. The van der Waals surface area contributed by atoms with E-state index in [9.17, 15) is 18.0 Å². The molecule has 128 valence electrons. The number of thioether (sulfide) groups is 1. The van der Waals surface area contributed by atoms with Crippen LogP contribution in [0.15, 0.2) is 23.1 Å². The van der Waals surface area contributed by atoms with Gasteiger partial charge in [-0.2, -0.15) is 11.8 Å². The third-order valence-corrected chi connectivity index (χ3v) is 6.53. The van der Waals surface area contributed by atoms with E-state index < -0.39 is 15.9 Å². The van der Waals surface area contributed by atoms with Crippen LogP contribution >= 0.6 is 23.1 Å². The van der Waals surface area contributed by atoms with Crippen LogP contribution in [0.3, 0.4) is 0 Å². The SMILES string of the molecule is CS(=O)(=O)c1ccc2nc(NC(=O)C3CSCCC(=O)N3)sc2c1. The number of nitrogens with one attached hydrogen (secondary N) is 2. The minimum atomic E-state index is -3.29. The standard InChI is InChI=1S/C14H15N3O4S3/c1-24(20,21)8-2-3-9-11(6-8)23-14(16-9)17-13(19)10-7-22-5-4-12(18)15-10/h2-3,6,10H,4-5,7H2,1H3,(H,15,18)(H,16,17,19). The van der Waals surface area contributed by atoms with Crippen LogP contribution < -0.4 is 10.6 Å². The number of fused-ring (bicyclic) bond motifs is 1. The van der Waals surface area contributed by atoms with Gasteiger partial charge in [0.2, 0.25) is 11.8 Å². The Labute approximate surface area is 147 Å². The minimum absolute atomic E-state index is 0.137. The average Bonchev–Trinajstić information content (AvgIpc) is 2.77. The van der Waals surface area contributed by atoms with E-state index in [2.05, 4.69) is 15.6 Å². The fourth-order valence-corrected chi connectivity index (χ4v) is 4.79. The Balaban J connectivity index is 1.79. The first-order chi connectivity index (χ1) is 11.3. The molecule has 1 aliphatic heterocycles. The molecule has 1 atom stereocenters. The number of nitrogens with zero attached hydrogens (tertiary/aromatic N) is 1. The third kappa shape index (κ3) is 3.87. The number of carbonyl (C=O) groups is 2. The van der Waals surface area contributed by atoms with Crippen molar-refractivity contribution in [1.82, 2.24) is 10.3 Å². The normalized spacial score (nSPS) is 18.9. The van der Waals surface area contributed by atoms with E-state index in [0.29, 0.717) is 33.3 Å². The van der Waals surface area contributed by atoms with Gasteiger partial charge in [-0.15, -0.1) is 0 Å². The number of carbonyl (C=O) groups excluding carboxylic acids is 2. The summed E-state index contributed by atoms with van der Waals surface area (Å²) in [6.07, 6.45) is 1.55. The molecule has 1 fully saturated rings. The van der Waals surface area contributed by atoms with Crippen LogP contribution in [0, 0.1) is 0 Å². The molecule has 1 unspecified atom stereocenters. The number of hydrogen-bond acceptors (Lipinski definition) is 7. The van der Waals surface area contributed by atoms with Gasteiger partial charge in [-0.05, 0) is 18.2 Å². The van der Waals surface area contributed by atoms with Gasteiger partial charge in [0.05, 0.1) is 15.1 Å². The van der Waals surface area contributed by atoms with E-state index in [1.54, 1.807) is 23.9 Å². The van der Waals surface area contributed by atoms with Crippen molar-refractivity contribution in [2.24, 2.45) is 0 Å². The Morgan fingerprint density at radius 1 is 1.42 bits per heavy atom. The van der Waals surface area contributed by atoms with Gasteiger partial charge in [0.25, 0.3) is 0 Å². The Hall–Kier alpha value is -1.65. The molecule has 0 bridgehead atoms. The van der Waals surface area contributed by atoms with Crippen LogP contribution in [0.4, 0.5) is 5.13 Å². The number of anilines is 1. The van der Waals surface area contributed by atoms with Crippen molar-refractivity contribution in [3.05, 3.63) is 18.2 Å². The Bertz CT molecular complexity index is 907. The van der Waals surface area contributed by atoms with Crippen molar-refractivity contribution >= 4 is 60.1 Å². The van der Waals surface area contributed by atoms with Gasteiger partial charge in [0.15, 0.2) is 15.0 Å². The zero-order valence-electron chi connectivity index (χ0n) is 12.7. The van der Waals surface area contributed by atoms with Gasteiger partial charge >= 0.3 is 0 Å². The summed E-state index contributed by atoms with van der Waals surface area (Å²) in [6.45, 7) is 0. The molecular formula is C14H15N3O4S3. The highest BCUT2D eigenvalue weighted by Gasteiger charge is 2.24.